The molecule has 1 aromatic rings. The molecule has 18 heavy (non-hydrogen) atoms. The minimum absolute atomic E-state index is 0.155. The smallest absolute Gasteiger partial charge is 0.261 e. The van der Waals surface area contributed by atoms with Crippen molar-refractivity contribution in [3.8, 4) is 5.75 Å². The van der Waals surface area contributed by atoms with Gasteiger partial charge in [0.15, 0.2) is 0 Å². The fraction of sp³-hybridized carbons (Fsp3) is 0.538. The Kier molecular flexibility index (Phi) is 5.47. The van der Waals surface area contributed by atoms with Crippen molar-refractivity contribution in [3.05, 3.63) is 23.3 Å². The summed E-state index contributed by atoms with van der Waals surface area (Å²) in [6, 6.07) is 3.17. The highest BCUT2D eigenvalue weighted by Crippen LogP contribution is 2.29. The number of halogens is 1. The van der Waals surface area contributed by atoms with Crippen LogP contribution in [0.1, 0.15) is 37.3 Å². The quantitative estimate of drug-likeness (QED) is 0.591. The molecular formula is C13H19ClO3S. The lowest BCUT2D eigenvalue weighted by molar-refractivity contribution is 0.304. The maximum atomic E-state index is 11.3. The highest BCUT2D eigenvalue weighted by Gasteiger charge is 2.16. The van der Waals surface area contributed by atoms with Crippen molar-refractivity contribution >= 4 is 19.7 Å². The van der Waals surface area contributed by atoms with Crippen LogP contribution in [-0.4, -0.2) is 15.0 Å². The van der Waals surface area contributed by atoms with Crippen LogP contribution in [0.2, 0.25) is 0 Å². The lowest BCUT2D eigenvalue weighted by Crippen LogP contribution is -2.02. The Labute approximate surface area is 114 Å². The van der Waals surface area contributed by atoms with Gasteiger partial charge in [0.1, 0.15) is 5.75 Å². The number of unbranched alkanes of at least 4 members (excludes halogenated alkanes) is 2. The molecule has 0 aromatic heterocycles. The summed E-state index contributed by atoms with van der Waals surface area (Å²) in [5.74, 6) is 0.729. The fourth-order valence-corrected chi connectivity index (χ4v) is 2.98. The standard InChI is InChI=1S/C13H19ClO3S/c1-4-5-6-9-17-12-7-8-13(18(14,15)16)11(3)10(12)2/h7-8H,4-6,9H2,1-3H3. The second-order valence-electron chi connectivity index (χ2n) is 4.31. The number of benzene rings is 1. The lowest BCUT2D eigenvalue weighted by atomic mass is 10.1. The highest BCUT2D eigenvalue weighted by molar-refractivity contribution is 8.13. The third kappa shape index (κ3) is 3.89. The zero-order chi connectivity index (χ0) is 13.8. The van der Waals surface area contributed by atoms with Crippen LogP contribution in [0.4, 0.5) is 0 Å². The summed E-state index contributed by atoms with van der Waals surface area (Å²) in [6.07, 6.45) is 3.28. The molecule has 0 saturated heterocycles. The largest absolute Gasteiger partial charge is 0.493 e. The predicted molar refractivity (Wildman–Crippen MR) is 74.0 cm³/mol. The summed E-state index contributed by atoms with van der Waals surface area (Å²) >= 11 is 0. The van der Waals surface area contributed by atoms with E-state index in [9.17, 15) is 8.42 Å². The van der Waals surface area contributed by atoms with Crippen molar-refractivity contribution in [2.75, 3.05) is 6.61 Å². The van der Waals surface area contributed by atoms with Crippen molar-refractivity contribution < 1.29 is 13.2 Å². The average molecular weight is 291 g/mol. The van der Waals surface area contributed by atoms with Gasteiger partial charge in [0.2, 0.25) is 0 Å². The summed E-state index contributed by atoms with van der Waals surface area (Å²) in [5.41, 5.74) is 1.48. The minimum Gasteiger partial charge on any atom is -0.493 e. The number of ether oxygens (including phenoxy) is 1. The van der Waals surface area contributed by atoms with E-state index in [1.165, 1.54) is 6.07 Å². The summed E-state index contributed by atoms with van der Waals surface area (Å²) in [5, 5.41) is 0. The molecule has 0 saturated carbocycles. The molecule has 1 rings (SSSR count). The number of hydrogen-bond acceptors (Lipinski definition) is 3. The van der Waals surface area contributed by atoms with Gasteiger partial charge in [0, 0.05) is 10.7 Å². The van der Waals surface area contributed by atoms with E-state index in [1.54, 1.807) is 13.0 Å². The third-order valence-corrected chi connectivity index (χ3v) is 4.42. The van der Waals surface area contributed by atoms with Crippen molar-refractivity contribution in [2.24, 2.45) is 0 Å². The van der Waals surface area contributed by atoms with Gasteiger partial charge in [0.05, 0.1) is 11.5 Å². The second-order valence-corrected chi connectivity index (χ2v) is 6.84. The van der Waals surface area contributed by atoms with Crippen LogP contribution >= 0.6 is 10.7 Å². The Morgan fingerprint density at radius 3 is 2.39 bits per heavy atom. The van der Waals surface area contributed by atoms with Gasteiger partial charge in [-0.15, -0.1) is 0 Å². The van der Waals surface area contributed by atoms with Crippen LogP contribution in [0, 0.1) is 13.8 Å². The van der Waals surface area contributed by atoms with Gasteiger partial charge in [-0.25, -0.2) is 8.42 Å². The molecule has 0 aliphatic rings. The summed E-state index contributed by atoms with van der Waals surface area (Å²) < 4.78 is 28.3. The lowest BCUT2D eigenvalue weighted by Gasteiger charge is -2.12. The van der Waals surface area contributed by atoms with E-state index in [-0.39, 0.29) is 4.90 Å². The van der Waals surface area contributed by atoms with E-state index in [2.05, 4.69) is 6.92 Å². The van der Waals surface area contributed by atoms with E-state index in [0.717, 1.165) is 30.6 Å². The Bertz CT molecular complexity index is 509. The molecule has 0 atom stereocenters. The molecule has 0 fully saturated rings. The van der Waals surface area contributed by atoms with Crippen LogP contribution in [0.25, 0.3) is 0 Å². The first kappa shape index (κ1) is 15.3. The van der Waals surface area contributed by atoms with Gasteiger partial charge in [-0.05, 0) is 43.5 Å². The van der Waals surface area contributed by atoms with E-state index in [1.807, 2.05) is 6.92 Å². The average Bonchev–Trinajstić information content (AvgIpc) is 2.28. The molecule has 0 bridgehead atoms. The monoisotopic (exact) mass is 290 g/mol. The topological polar surface area (TPSA) is 43.4 Å². The molecular weight excluding hydrogens is 272 g/mol. The molecule has 5 heteroatoms. The van der Waals surface area contributed by atoms with Gasteiger partial charge in [0.25, 0.3) is 9.05 Å². The SMILES string of the molecule is CCCCCOc1ccc(S(=O)(=O)Cl)c(C)c1C. The van der Waals surface area contributed by atoms with E-state index >= 15 is 0 Å². The van der Waals surface area contributed by atoms with Crippen molar-refractivity contribution in [1.82, 2.24) is 0 Å². The Morgan fingerprint density at radius 1 is 1.17 bits per heavy atom. The van der Waals surface area contributed by atoms with Gasteiger partial charge in [-0.2, -0.15) is 0 Å². The normalized spacial score (nSPS) is 11.6. The molecule has 0 N–H and O–H groups in total. The molecule has 3 nitrogen and oxygen atoms in total. The van der Waals surface area contributed by atoms with Gasteiger partial charge >= 0.3 is 0 Å². The molecule has 0 unspecified atom stereocenters. The van der Waals surface area contributed by atoms with E-state index in [4.69, 9.17) is 15.4 Å². The van der Waals surface area contributed by atoms with Gasteiger partial charge in [-0.1, -0.05) is 19.8 Å². The maximum absolute atomic E-state index is 11.3. The van der Waals surface area contributed by atoms with Crippen molar-refractivity contribution in [3.63, 3.8) is 0 Å². The molecule has 0 heterocycles. The maximum Gasteiger partial charge on any atom is 0.261 e. The molecule has 102 valence electrons. The summed E-state index contributed by atoms with van der Waals surface area (Å²) in [6.45, 7) is 6.37. The predicted octanol–water partition coefficient (Wildman–Crippen LogP) is 3.80. The molecule has 0 radical (unpaired) electrons. The van der Waals surface area contributed by atoms with Crippen LogP contribution in [0.15, 0.2) is 17.0 Å². The Morgan fingerprint density at radius 2 is 1.83 bits per heavy atom. The van der Waals surface area contributed by atoms with E-state index < -0.39 is 9.05 Å². The molecule has 0 aliphatic heterocycles. The zero-order valence-corrected chi connectivity index (χ0v) is 12.6. The fourth-order valence-electron chi connectivity index (χ4n) is 1.73. The third-order valence-electron chi connectivity index (χ3n) is 2.96. The zero-order valence-electron chi connectivity index (χ0n) is 11.0. The van der Waals surface area contributed by atoms with Gasteiger partial charge in [-0.3, -0.25) is 0 Å². The van der Waals surface area contributed by atoms with Crippen LogP contribution < -0.4 is 4.74 Å². The second kappa shape index (κ2) is 6.43. The Balaban J connectivity index is 2.88. The molecule has 1 aromatic carbocycles. The number of rotatable bonds is 6. The summed E-state index contributed by atoms with van der Waals surface area (Å²) in [7, 11) is 1.68. The number of hydrogen-bond donors (Lipinski definition) is 0. The molecule has 0 spiro atoms. The van der Waals surface area contributed by atoms with Crippen LogP contribution in [-0.2, 0) is 9.05 Å². The van der Waals surface area contributed by atoms with Crippen LogP contribution in [0.5, 0.6) is 5.75 Å². The van der Waals surface area contributed by atoms with E-state index in [0.29, 0.717) is 12.2 Å². The first-order valence-corrected chi connectivity index (χ1v) is 8.36. The first-order chi connectivity index (χ1) is 8.38. The first-order valence-electron chi connectivity index (χ1n) is 6.05. The van der Waals surface area contributed by atoms with Crippen molar-refractivity contribution in [1.29, 1.82) is 0 Å². The molecule has 0 aliphatic carbocycles. The minimum atomic E-state index is -3.69. The molecule has 0 amide bonds. The van der Waals surface area contributed by atoms with Crippen LogP contribution in [0.3, 0.4) is 0 Å². The summed E-state index contributed by atoms with van der Waals surface area (Å²) in [4.78, 5) is 0.155. The Hall–Kier alpha value is -0.740. The van der Waals surface area contributed by atoms with Crippen molar-refractivity contribution in [2.45, 2.75) is 44.9 Å². The van der Waals surface area contributed by atoms with Gasteiger partial charge < -0.3 is 4.74 Å². The highest BCUT2D eigenvalue weighted by atomic mass is 35.7.